The molecule has 0 saturated carbocycles. The minimum absolute atomic E-state index is 0.00616. The van der Waals surface area contributed by atoms with Crippen molar-refractivity contribution < 1.29 is 27.6 Å². The Hall–Kier alpha value is -2.12. The van der Waals surface area contributed by atoms with E-state index in [9.17, 15) is 28.1 Å². The summed E-state index contributed by atoms with van der Waals surface area (Å²) in [7, 11) is 0. The molecule has 0 radical (unpaired) electrons. The Labute approximate surface area is 86.6 Å². The third-order valence-electron chi connectivity index (χ3n) is 1.59. The van der Waals surface area contributed by atoms with Gasteiger partial charge in [-0.3, -0.25) is 14.9 Å². The summed E-state index contributed by atoms with van der Waals surface area (Å²) in [6.45, 7) is -3.34. The van der Waals surface area contributed by atoms with E-state index < -0.39 is 34.4 Å². The number of benzene rings is 1. The number of carbonyl (C=O) groups excluding carboxylic acids is 1. The summed E-state index contributed by atoms with van der Waals surface area (Å²) in [5.74, 6) is -2.04. The molecule has 0 fully saturated rings. The number of halogens is 3. The molecule has 0 saturated heterocycles. The zero-order chi connectivity index (χ0) is 12.3. The molecule has 16 heavy (non-hydrogen) atoms. The first kappa shape index (κ1) is 12.0. The highest BCUT2D eigenvalue weighted by atomic mass is 19.3. The number of nitro benzene ring substituents is 1. The van der Waals surface area contributed by atoms with E-state index in [0.29, 0.717) is 12.1 Å². The van der Waals surface area contributed by atoms with Gasteiger partial charge in [-0.25, -0.2) is 4.39 Å². The van der Waals surface area contributed by atoms with Crippen LogP contribution in [-0.2, 0) is 0 Å². The van der Waals surface area contributed by atoms with Crippen molar-refractivity contribution in [3.63, 3.8) is 0 Å². The van der Waals surface area contributed by atoms with Crippen LogP contribution in [-0.4, -0.2) is 17.8 Å². The summed E-state index contributed by atoms with van der Waals surface area (Å²) in [4.78, 5) is 19.7. The lowest BCUT2D eigenvalue weighted by atomic mass is 10.2. The highest BCUT2D eigenvalue weighted by Crippen LogP contribution is 2.32. The Kier molecular flexibility index (Phi) is 3.44. The molecule has 0 aliphatic carbocycles. The number of ether oxygens (including phenoxy) is 1. The van der Waals surface area contributed by atoms with Gasteiger partial charge in [0.15, 0.2) is 6.29 Å². The fourth-order valence-electron chi connectivity index (χ4n) is 1.04. The van der Waals surface area contributed by atoms with E-state index in [-0.39, 0.29) is 6.29 Å². The molecular formula is C8H4F3NO4. The van der Waals surface area contributed by atoms with Crippen LogP contribution in [0.3, 0.4) is 0 Å². The number of hydrogen-bond donors (Lipinski definition) is 0. The molecule has 8 heteroatoms. The quantitative estimate of drug-likeness (QED) is 0.455. The molecule has 0 N–H and O–H groups in total. The van der Waals surface area contributed by atoms with Gasteiger partial charge in [-0.2, -0.15) is 8.78 Å². The third kappa shape index (κ3) is 2.47. The molecule has 1 aromatic rings. The Morgan fingerprint density at radius 3 is 2.50 bits per heavy atom. The zero-order valence-electron chi connectivity index (χ0n) is 7.52. The summed E-state index contributed by atoms with van der Waals surface area (Å²) in [5.41, 5.74) is -1.67. The van der Waals surface area contributed by atoms with Crippen molar-refractivity contribution in [2.24, 2.45) is 0 Å². The van der Waals surface area contributed by atoms with E-state index in [1.54, 1.807) is 0 Å². The van der Waals surface area contributed by atoms with Crippen LogP contribution in [0, 0.1) is 15.9 Å². The molecule has 0 atom stereocenters. The molecule has 1 aromatic carbocycles. The second kappa shape index (κ2) is 4.60. The monoisotopic (exact) mass is 235 g/mol. The molecule has 0 aromatic heterocycles. The summed E-state index contributed by atoms with van der Waals surface area (Å²) < 4.78 is 40.4. The maximum Gasteiger partial charge on any atom is 0.387 e. The van der Waals surface area contributed by atoms with E-state index in [1.807, 2.05) is 0 Å². The summed E-state index contributed by atoms with van der Waals surface area (Å²) in [6.07, 6.45) is -0.00616. The van der Waals surface area contributed by atoms with Crippen LogP contribution >= 0.6 is 0 Å². The van der Waals surface area contributed by atoms with Crippen LogP contribution in [0.2, 0.25) is 0 Å². The van der Waals surface area contributed by atoms with Crippen LogP contribution in [0.1, 0.15) is 10.4 Å². The second-order valence-electron chi connectivity index (χ2n) is 2.60. The van der Waals surface area contributed by atoms with Crippen molar-refractivity contribution in [2.45, 2.75) is 6.61 Å². The van der Waals surface area contributed by atoms with Gasteiger partial charge in [0, 0.05) is 0 Å². The summed E-state index contributed by atoms with van der Waals surface area (Å²) >= 11 is 0. The average molecular weight is 235 g/mol. The van der Waals surface area contributed by atoms with E-state index in [1.165, 1.54) is 0 Å². The van der Waals surface area contributed by atoms with Gasteiger partial charge in [0.05, 0.1) is 16.6 Å². The lowest BCUT2D eigenvalue weighted by Crippen LogP contribution is -2.07. The molecule has 0 bridgehead atoms. The van der Waals surface area contributed by atoms with Gasteiger partial charge in [-0.1, -0.05) is 0 Å². The Morgan fingerprint density at radius 1 is 1.44 bits per heavy atom. The molecule has 0 unspecified atom stereocenters. The van der Waals surface area contributed by atoms with Crippen molar-refractivity contribution in [1.82, 2.24) is 0 Å². The molecule has 0 spiro atoms. The van der Waals surface area contributed by atoms with E-state index >= 15 is 0 Å². The number of alkyl halides is 2. The minimum Gasteiger partial charge on any atom is -0.427 e. The van der Waals surface area contributed by atoms with Gasteiger partial charge in [0.2, 0.25) is 5.75 Å². The molecule has 0 aliphatic rings. The van der Waals surface area contributed by atoms with Crippen LogP contribution in [0.4, 0.5) is 18.9 Å². The van der Waals surface area contributed by atoms with E-state index in [2.05, 4.69) is 4.74 Å². The first-order chi connectivity index (χ1) is 7.45. The van der Waals surface area contributed by atoms with E-state index in [0.717, 1.165) is 0 Å². The van der Waals surface area contributed by atoms with Crippen molar-refractivity contribution >= 4 is 12.0 Å². The molecule has 0 amide bonds. The number of nitro groups is 1. The van der Waals surface area contributed by atoms with Crippen LogP contribution in [0.25, 0.3) is 0 Å². The lowest BCUT2D eigenvalue weighted by Gasteiger charge is -2.07. The van der Waals surface area contributed by atoms with Crippen molar-refractivity contribution in [3.8, 4) is 5.75 Å². The van der Waals surface area contributed by atoms with Crippen LogP contribution in [0.5, 0.6) is 5.75 Å². The first-order valence-electron chi connectivity index (χ1n) is 3.83. The smallest absolute Gasteiger partial charge is 0.387 e. The van der Waals surface area contributed by atoms with Crippen molar-refractivity contribution in [3.05, 3.63) is 33.6 Å². The minimum atomic E-state index is -3.34. The van der Waals surface area contributed by atoms with Crippen molar-refractivity contribution in [1.29, 1.82) is 0 Å². The Balaban J connectivity index is 3.38. The highest BCUT2D eigenvalue weighted by molar-refractivity contribution is 5.82. The van der Waals surface area contributed by atoms with Gasteiger partial charge >= 0.3 is 12.3 Å². The standard InChI is InChI=1S/C8H4F3NO4/c9-5-1-4(3-13)7(16-8(10)11)6(2-5)12(14)15/h1-3,8H. The van der Waals surface area contributed by atoms with Crippen molar-refractivity contribution in [2.75, 3.05) is 0 Å². The molecular weight excluding hydrogens is 231 g/mol. The zero-order valence-corrected chi connectivity index (χ0v) is 7.52. The molecule has 1 rings (SSSR count). The normalized spacial score (nSPS) is 10.2. The van der Waals surface area contributed by atoms with Crippen LogP contribution in [0.15, 0.2) is 12.1 Å². The van der Waals surface area contributed by atoms with E-state index in [4.69, 9.17) is 0 Å². The predicted molar refractivity (Wildman–Crippen MR) is 45.1 cm³/mol. The largest absolute Gasteiger partial charge is 0.427 e. The summed E-state index contributed by atoms with van der Waals surface area (Å²) in [5, 5.41) is 10.4. The van der Waals surface area contributed by atoms with Gasteiger partial charge in [0.25, 0.3) is 0 Å². The Morgan fingerprint density at radius 2 is 2.06 bits per heavy atom. The van der Waals surface area contributed by atoms with Gasteiger partial charge in [-0.15, -0.1) is 0 Å². The molecule has 0 aliphatic heterocycles. The maximum absolute atomic E-state index is 12.8. The molecule has 0 heterocycles. The Bertz CT molecular complexity index is 436. The topological polar surface area (TPSA) is 69.4 Å². The third-order valence-corrected chi connectivity index (χ3v) is 1.59. The van der Waals surface area contributed by atoms with Crippen LogP contribution < -0.4 is 4.74 Å². The number of aldehydes is 1. The fraction of sp³-hybridized carbons (Fsp3) is 0.125. The molecule has 86 valence electrons. The highest BCUT2D eigenvalue weighted by Gasteiger charge is 2.24. The molecule has 5 nitrogen and oxygen atoms in total. The van der Waals surface area contributed by atoms with Gasteiger partial charge in [0.1, 0.15) is 5.82 Å². The predicted octanol–water partition coefficient (Wildman–Crippen LogP) is 2.15. The fourth-order valence-corrected chi connectivity index (χ4v) is 1.04. The summed E-state index contributed by atoms with van der Waals surface area (Å²) in [6, 6.07) is 0.961. The number of carbonyl (C=O) groups is 1. The average Bonchev–Trinajstić information content (AvgIpc) is 2.19. The number of nitrogens with zero attached hydrogens (tertiary/aromatic N) is 1. The number of hydrogen-bond acceptors (Lipinski definition) is 4. The van der Waals surface area contributed by atoms with Gasteiger partial charge < -0.3 is 4.74 Å². The number of rotatable bonds is 4. The first-order valence-corrected chi connectivity index (χ1v) is 3.83. The van der Waals surface area contributed by atoms with Gasteiger partial charge in [-0.05, 0) is 6.07 Å². The lowest BCUT2D eigenvalue weighted by molar-refractivity contribution is -0.386. The second-order valence-corrected chi connectivity index (χ2v) is 2.60. The maximum atomic E-state index is 12.8. The SMILES string of the molecule is O=Cc1cc(F)cc([N+](=O)[O-])c1OC(F)F.